The minimum absolute atomic E-state index is 0.0135. The Labute approximate surface area is 230 Å². The van der Waals surface area contributed by atoms with Gasteiger partial charge in [-0.1, -0.05) is 5.09 Å². The van der Waals surface area contributed by atoms with Gasteiger partial charge >= 0.3 is 14.1 Å². The normalized spacial score (nSPS) is 28.2. The van der Waals surface area contributed by atoms with Crippen molar-refractivity contribution in [2.75, 3.05) is 23.1 Å². The van der Waals surface area contributed by atoms with Gasteiger partial charge in [0.15, 0.2) is 29.4 Å². The number of aliphatic hydroxyl groups excluding tert-OH is 1. The van der Waals surface area contributed by atoms with Crippen LogP contribution in [0, 0.1) is 0 Å². The van der Waals surface area contributed by atoms with Crippen LogP contribution in [0.2, 0.25) is 0 Å². The highest BCUT2D eigenvalue weighted by molar-refractivity contribution is 7.36. The highest BCUT2D eigenvalue weighted by atomic mass is 35.5. The maximum Gasteiger partial charge on any atom is 0.613 e. The van der Waals surface area contributed by atoms with Crippen LogP contribution in [0.25, 0.3) is 11.2 Å². The molecule has 16 heteroatoms. The molecule has 2 aromatic heterocycles. The molecule has 13 nitrogen and oxygen atoms in total. The summed E-state index contributed by atoms with van der Waals surface area (Å²) in [4.78, 5) is 27.5. The number of nitrogens with two attached hydrogens (primary N) is 1. The van der Waals surface area contributed by atoms with Gasteiger partial charge in [0, 0.05) is 12.1 Å². The van der Waals surface area contributed by atoms with E-state index in [1.54, 1.807) is 13.8 Å². The Bertz CT molecular complexity index is 1240. The summed E-state index contributed by atoms with van der Waals surface area (Å²) in [5, 5.41) is 13.3. The lowest BCUT2D eigenvalue weighted by Gasteiger charge is -2.27. The molecule has 5 rings (SSSR count). The quantitative estimate of drug-likeness (QED) is 0.188. The monoisotopic (exact) mass is 588 g/mol. The third-order valence-corrected chi connectivity index (χ3v) is 8.36. The Morgan fingerprint density at radius 3 is 2.62 bits per heavy atom. The average molecular weight is 589 g/mol. The molecular formula is C23H33ClFN7O6P+. The number of hydrogen-bond acceptors (Lipinski definition) is 11. The molecule has 1 saturated heterocycles. The van der Waals surface area contributed by atoms with E-state index in [2.05, 4.69) is 24.9 Å². The van der Waals surface area contributed by atoms with Crippen LogP contribution < -0.4 is 15.7 Å². The van der Waals surface area contributed by atoms with Gasteiger partial charge in [-0.25, -0.2) is 9.37 Å². The number of aromatic nitrogens is 4. The minimum atomic E-state index is -2.60. The number of nitrogens with zero attached hydrogens (tertiary/aromatic N) is 5. The molecule has 2 saturated carbocycles. The van der Waals surface area contributed by atoms with Crippen LogP contribution in [0.3, 0.4) is 0 Å². The Kier molecular flexibility index (Phi) is 7.97. The number of nitrogens with one attached hydrogen (secondary N) is 1. The lowest BCUT2D eigenvalue weighted by molar-refractivity contribution is -0.149. The van der Waals surface area contributed by atoms with E-state index in [0.717, 1.165) is 25.7 Å². The molecule has 0 amide bonds. The van der Waals surface area contributed by atoms with Gasteiger partial charge in [0.05, 0.1) is 18.3 Å². The molecule has 4 N–H and O–H groups in total. The molecule has 0 bridgehead atoms. The first-order chi connectivity index (χ1) is 18.5. The summed E-state index contributed by atoms with van der Waals surface area (Å²) in [6.07, 6.45) is 0.216. The lowest BCUT2D eigenvalue weighted by Crippen LogP contribution is -2.47. The molecule has 214 valence electrons. The molecule has 3 fully saturated rings. The number of hydrogen-bond donors (Lipinski definition) is 3. The second-order valence-electron chi connectivity index (χ2n) is 10.6. The fourth-order valence-corrected chi connectivity index (χ4v) is 5.81. The van der Waals surface area contributed by atoms with Gasteiger partial charge in [0.2, 0.25) is 5.95 Å². The molecule has 39 heavy (non-hydrogen) atoms. The summed E-state index contributed by atoms with van der Waals surface area (Å²) in [6.45, 7) is 4.32. The molecule has 2 aromatic rings. The second kappa shape index (κ2) is 11.0. The van der Waals surface area contributed by atoms with Crippen LogP contribution in [0.15, 0.2) is 6.33 Å². The Morgan fingerprint density at radius 1 is 1.36 bits per heavy atom. The van der Waals surface area contributed by atoms with Crippen LogP contribution in [-0.2, 0) is 23.4 Å². The van der Waals surface area contributed by atoms with Crippen LogP contribution in [0.4, 0.5) is 16.2 Å². The third kappa shape index (κ3) is 5.68. The molecule has 0 radical (unpaired) electrons. The Morgan fingerprint density at radius 2 is 2.03 bits per heavy atom. The highest BCUT2D eigenvalue weighted by Gasteiger charge is 2.57. The molecule has 1 aliphatic heterocycles. The lowest BCUT2D eigenvalue weighted by atomic mass is 9.99. The number of rotatable bonds is 12. The first-order valence-corrected chi connectivity index (χ1v) is 14.7. The number of carbonyl (C=O) groups excluding carboxylic acids is 1. The zero-order valence-corrected chi connectivity index (χ0v) is 23.5. The number of imidazole rings is 1. The van der Waals surface area contributed by atoms with Crippen molar-refractivity contribution in [1.29, 1.82) is 0 Å². The second-order valence-corrected chi connectivity index (χ2v) is 11.9. The van der Waals surface area contributed by atoms with Crippen molar-refractivity contribution < 1.29 is 32.9 Å². The smallest absolute Gasteiger partial charge is 0.462 e. The first-order valence-electron chi connectivity index (χ1n) is 13.0. The molecule has 1 unspecified atom stereocenters. The van der Waals surface area contributed by atoms with Crippen molar-refractivity contribution >= 4 is 48.7 Å². The fraction of sp³-hybridized carbons (Fsp3) is 0.739. The van der Waals surface area contributed by atoms with Crippen LogP contribution >= 0.6 is 19.8 Å². The van der Waals surface area contributed by atoms with E-state index in [0.29, 0.717) is 23.4 Å². The maximum absolute atomic E-state index is 15.6. The number of carbonyl (C=O) groups is 1. The SMILES string of the molecule is CC(C)OC(=O)[C@H](C)N[P+](=O)OC[C@@]1(CCl)O[C@@H](n2cnc3c(N(C4CC4)C4CC4)nc(N)nc32)[C@H](F)[C@@H]1O. The number of alkyl halides is 2. The molecule has 3 heterocycles. The van der Waals surface area contributed by atoms with E-state index in [9.17, 15) is 14.5 Å². The van der Waals surface area contributed by atoms with E-state index in [1.807, 2.05) is 0 Å². The van der Waals surface area contributed by atoms with Gasteiger partial charge in [0.25, 0.3) is 0 Å². The van der Waals surface area contributed by atoms with Crippen LogP contribution in [0.5, 0.6) is 0 Å². The first kappa shape index (κ1) is 28.3. The molecule has 2 aliphatic carbocycles. The predicted molar refractivity (Wildman–Crippen MR) is 140 cm³/mol. The topological polar surface area (TPSA) is 167 Å². The van der Waals surface area contributed by atoms with Crippen molar-refractivity contribution in [2.45, 2.75) is 94.8 Å². The highest BCUT2D eigenvalue weighted by Crippen LogP contribution is 2.45. The molecular weight excluding hydrogens is 556 g/mol. The number of halogens is 2. The zero-order valence-electron chi connectivity index (χ0n) is 21.9. The minimum Gasteiger partial charge on any atom is -0.462 e. The van der Waals surface area contributed by atoms with Crippen molar-refractivity contribution in [3.8, 4) is 0 Å². The largest absolute Gasteiger partial charge is 0.613 e. The summed E-state index contributed by atoms with van der Waals surface area (Å²) >= 11 is 6.14. The van der Waals surface area contributed by atoms with Gasteiger partial charge in [-0.3, -0.25) is 9.36 Å². The van der Waals surface area contributed by atoms with Gasteiger partial charge in [0.1, 0.15) is 24.4 Å². The van der Waals surface area contributed by atoms with Crippen molar-refractivity contribution in [2.24, 2.45) is 0 Å². The van der Waals surface area contributed by atoms with E-state index in [-0.39, 0.29) is 23.6 Å². The van der Waals surface area contributed by atoms with E-state index < -0.39 is 50.9 Å². The summed E-state index contributed by atoms with van der Waals surface area (Å²) in [7, 11) is -2.60. The number of anilines is 2. The third-order valence-electron chi connectivity index (χ3n) is 6.94. The van der Waals surface area contributed by atoms with Gasteiger partial charge < -0.3 is 25.2 Å². The van der Waals surface area contributed by atoms with Gasteiger partial charge in [-0.05, 0) is 51.0 Å². The molecule has 6 atom stereocenters. The Hall–Kier alpha value is -2.22. The zero-order chi connectivity index (χ0) is 28.1. The summed E-state index contributed by atoms with van der Waals surface area (Å²) in [6, 6.07) is -0.197. The van der Waals surface area contributed by atoms with E-state index >= 15 is 4.39 Å². The number of esters is 1. The number of ether oxygens (including phenoxy) is 2. The molecule has 0 aromatic carbocycles. The maximum atomic E-state index is 15.6. The van der Waals surface area contributed by atoms with Crippen molar-refractivity contribution in [3.05, 3.63) is 6.33 Å². The predicted octanol–water partition coefficient (Wildman–Crippen LogP) is 2.35. The van der Waals surface area contributed by atoms with E-state index in [4.69, 9.17) is 31.3 Å². The number of aliphatic hydroxyl groups is 1. The standard InChI is InChI=1S/C23H33ClFN7O6P/c1-11(2)37-21(34)12(3)30-39(35)36-9-23(8-24)17(33)15(25)20(38-23)31-10-27-16-18(31)28-22(26)29-19(16)32(13-4-5-13)14-6-7-14/h10-15,17,20,33H,4-9H2,1-3H3,(H,30,35)(H2,26,28,29)/q+1/t12-,15+,17-,20+,23+/m0/s1. The van der Waals surface area contributed by atoms with E-state index in [1.165, 1.54) is 17.8 Å². The summed E-state index contributed by atoms with van der Waals surface area (Å²) in [5.74, 6) is -0.361. The van der Waals surface area contributed by atoms with Crippen LogP contribution in [0.1, 0.15) is 52.7 Å². The van der Waals surface area contributed by atoms with Crippen LogP contribution in [-0.4, -0.2) is 85.2 Å². The summed E-state index contributed by atoms with van der Waals surface area (Å²) in [5.41, 5.74) is 5.03. The van der Waals surface area contributed by atoms with Crippen molar-refractivity contribution in [3.63, 3.8) is 0 Å². The molecule has 3 aliphatic rings. The fourth-order valence-electron chi connectivity index (χ4n) is 4.68. The average Bonchev–Trinajstić information content (AvgIpc) is 3.82. The number of nitrogen functional groups attached to an aromatic ring is 1. The van der Waals surface area contributed by atoms with Crippen molar-refractivity contribution in [1.82, 2.24) is 24.6 Å². The number of fused-ring (bicyclic) bond motifs is 1. The van der Waals surface area contributed by atoms with Gasteiger partial charge in [-0.15, -0.1) is 16.1 Å². The Balaban J connectivity index is 1.34. The molecule has 0 spiro atoms. The summed E-state index contributed by atoms with van der Waals surface area (Å²) < 4.78 is 45.8. The van der Waals surface area contributed by atoms with Gasteiger partial charge in [-0.2, -0.15) is 9.97 Å².